The van der Waals surface area contributed by atoms with Gasteiger partial charge in [-0.2, -0.15) is 0 Å². The Labute approximate surface area is 90.4 Å². The number of halogens is 3. The van der Waals surface area contributed by atoms with Crippen LogP contribution in [0.5, 0.6) is 0 Å². The lowest BCUT2D eigenvalue weighted by atomic mass is 10.2. The minimum atomic E-state index is -2.87. The minimum absolute atomic E-state index is 0.00343. The lowest BCUT2D eigenvalue weighted by molar-refractivity contribution is -0.386. The summed E-state index contributed by atoms with van der Waals surface area (Å²) in [6.45, 7) is 0. The van der Waals surface area contributed by atoms with E-state index in [1.807, 2.05) is 0 Å². The Balaban J connectivity index is 3.42. The molecule has 0 aliphatic heterocycles. The molecule has 0 saturated heterocycles. The average Bonchev–Trinajstić information content (AvgIpc) is 2.16. The van der Waals surface area contributed by atoms with Gasteiger partial charge < -0.3 is 4.98 Å². The lowest BCUT2D eigenvalue weighted by Crippen LogP contribution is -2.15. The molecule has 1 aromatic rings. The maximum Gasteiger partial charge on any atom is 0.334 e. The summed E-state index contributed by atoms with van der Waals surface area (Å²) in [6, 6.07) is 0.842. The number of hydrogen-bond donors (Lipinski definition) is 1. The molecule has 5 nitrogen and oxygen atoms in total. The molecule has 0 bridgehead atoms. The fourth-order valence-corrected chi connectivity index (χ4v) is 1.48. The van der Waals surface area contributed by atoms with Gasteiger partial charge in [-0.05, 0) is 5.56 Å². The van der Waals surface area contributed by atoms with Crippen LogP contribution in [-0.2, 0) is 5.33 Å². The van der Waals surface area contributed by atoms with Crippen LogP contribution in [0.3, 0.4) is 0 Å². The molecule has 0 aromatic carbocycles. The van der Waals surface area contributed by atoms with Gasteiger partial charge in [0.05, 0.1) is 10.6 Å². The van der Waals surface area contributed by atoms with Crippen molar-refractivity contribution in [3.8, 4) is 0 Å². The standard InChI is InChI=1S/C7H5BrF2N2O3/c8-2-3-1-4(12(14)15)7(13)11-5(3)6(9)10/h1,6H,2H2,(H,11,13). The van der Waals surface area contributed by atoms with Crippen molar-refractivity contribution in [3.05, 3.63) is 37.8 Å². The van der Waals surface area contributed by atoms with Gasteiger partial charge in [-0.1, -0.05) is 15.9 Å². The predicted molar refractivity (Wildman–Crippen MR) is 51.3 cm³/mol. The van der Waals surface area contributed by atoms with Gasteiger partial charge in [0.1, 0.15) is 0 Å². The van der Waals surface area contributed by atoms with Gasteiger partial charge in [0.2, 0.25) is 0 Å². The van der Waals surface area contributed by atoms with Crippen molar-refractivity contribution in [2.75, 3.05) is 0 Å². The van der Waals surface area contributed by atoms with E-state index in [0.29, 0.717) is 0 Å². The number of H-pyrrole nitrogens is 1. The van der Waals surface area contributed by atoms with Crippen LogP contribution < -0.4 is 5.56 Å². The Kier molecular flexibility index (Phi) is 3.51. The first-order valence-electron chi connectivity index (χ1n) is 3.72. The highest BCUT2D eigenvalue weighted by Gasteiger charge is 2.20. The topological polar surface area (TPSA) is 76.0 Å². The van der Waals surface area contributed by atoms with E-state index in [9.17, 15) is 23.7 Å². The fourth-order valence-electron chi connectivity index (χ4n) is 1.02. The van der Waals surface area contributed by atoms with Crippen LogP contribution >= 0.6 is 15.9 Å². The number of pyridine rings is 1. The third kappa shape index (κ3) is 2.38. The van der Waals surface area contributed by atoms with E-state index in [0.717, 1.165) is 6.07 Å². The van der Waals surface area contributed by atoms with Crippen molar-refractivity contribution in [1.29, 1.82) is 0 Å². The molecule has 0 radical (unpaired) electrons. The maximum atomic E-state index is 12.4. The molecule has 0 fully saturated rings. The first-order chi connectivity index (χ1) is 6.97. The van der Waals surface area contributed by atoms with Crippen molar-refractivity contribution in [2.45, 2.75) is 11.8 Å². The second-order valence-electron chi connectivity index (χ2n) is 2.61. The van der Waals surface area contributed by atoms with Crippen LogP contribution in [-0.4, -0.2) is 9.91 Å². The summed E-state index contributed by atoms with van der Waals surface area (Å²) in [5, 5.41) is 10.4. The van der Waals surface area contributed by atoms with E-state index in [-0.39, 0.29) is 10.9 Å². The number of aromatic amines is 1. The predicted octanol–water partition coefficient (Wildman–Crippen LogP) is 2.12. The summed E-state index contributed by atoms with van der Waals surface area (Å²) >= 11 is 2.91. The summed E-state index contributed by atoms with van der Waals surface area (Å²) in [4.78, 5) is 22.2. The molecule has 1 N–H and O–H groups in total. The summed E-state index contributed by atoms with van der Waals surface area (Å²) in [6.07, 6.45) is -2.87. The molecule has 1 heterocycles. The Morgan fingerprint density at radius 3 is 2.60 bits per heavy atom. The minimum Gasteiger partial charge on any atom is -0.315 e. The Morgan fingerprint density at radius 2 is 2.20 bits per heavy atom. The van der Waals surface area contributed by atoms with E-state index >= 15 is 0 Å². The summed E-state index contributed by atoms with van der Waals surface area (Å²) in [5.41, 5.74) is -2.47. The molecule has 15 heavy (non-hydrogen) atoms. The SMILES string of the molecule is O=c1[nH]c(C(F)F)c(CBr)cc1[N+](=O)[O-]. The van der Waals surface area contributed by atoms with Crippen LogP contribution in [0.25, 0.3) is 0 Å². The molecule has 0 spiro atoms. The van der Waals surface area contributed by atoms with Crippen LogP contribution in [0.4, 0.5) is 14.5 Å². The highest BCUT2D eigenvalue weighted by molar-refractivity contribution is 9.08. The second kappa shape index (κ2) is 4.47. The van der Waals surface area contributed by atoms with Gasteiger partial charge in [0.25, 0.3) is 6.43 Å². The van der Waals surface area contributed by atoms with Crippen LogP contribution in [0, 0.1) is 10.1 Å². The number of aromatic nitrogens is 1. The molecule has 0 atom stereocenters. The molecule has 0 unspecified atom stereocenters. The number of nitrogens with one attached hydrogen (secondary N) is 1. The fraction of sp³-hybridized carbons (Fsp3) is 0.286. The average molecular weight is 283 g/mol. The van der Waals surface area contributed by atoms with E-state index in [4.69, 9.17) is 0 Å². The van der Waals surface area contributed by atoms with Gasteiger partial charge in [0.15, 0.2) is 0 Å². The van der Waals surface area contributed by atoms with Gasteiger partial charge in [-0.3, -0.25) is 14.9 Å². The second-order valence-corrected chi connectivity index (χ2v) is 3.17. The van der Waals surface area contributed by atoms with Crippen molar-refractivity contribution in [3.63, 3.8) is 0 Å². The van der Waals surface area contributed by atoms with E-state index in [1.165, 1.54) is 0 Å². The third-order valence-electron chi connectivity index (χ3n) is 1.70. The van der Waals surface area contributed by atoms with Crippen LogP contribution in [0.1, 0.15) is 17.7 Å². The molecule has 0 saturated carbocycles. The quantitative estimate of drug-likeness (QED) is 0.524. The molecule has 82 valence electrons. The first kappa shape index (κ1) is 11.8. The highest BCUT2D eigenvalue weighted by Crippen LogP contribution is 2.23. The molecule has 0 aliphatic carbocycles. The number of hydrogen-bond acceptors (Lipinski definition) is 3. The molecular formula is C7H5BrF2N2O3. The maximum absolute atomic E-state index is 12.4. The number of rotatable bonds is 3. The summed E-state index contributed by atoms with van der Waals surface area (Å²) < 4.78 is 24.7. The zero-order valence-corrected chi connectivity index (χ0v) is 8.75. The number of nitrogens with zero attached hydrogens (tertiary/aromatic N) is 1. The van der Waals surface area contributed by atoms with Crippen molar-refractivity contribution >= 4 is 21.6 Å². The normalized spacial score (nSPS) is 10.7. The van der Waals surface area contributed by atoms with Gasteiger partial charge in [-0.25, -0.2) is 8.78 Å². The first-order valence-corrected chi connectivity index (χ1v) is 4.84. The largest absolute Gasteiger partial charge is 0.334 e. The van der Waals surface area contributed by atoms with Crippen molar-refractivity contribution in [1.82, 2.24) is 4.98 Å². The summed E-state index contributed by atoms with van der Waals surface area (Å²) in [5.74, 6) is 0. The van der Waals surface area contributed by atoms with Crippen LogP contribution in [0.15, 0.2) is 10.9 Å². The Hall–Kier alpha value is -1.31. The monoisotopic (exact) mass is 282 g/mol. The molecule has 1 aromatic heterocycles. The van der Waals surface area contributed by atoms with Gasteiger partial charge >= 0.3 is 11.2 Å². The number of alkyl halides is 3. The Morgan fingerprint density at radius 1 is 1.60 bits per heavy atom. The molecule has 0 amide bonds. The van der Waals surface area contributed by atoms with E-state index < -0.39 is 28.3 Å². The van der Waals surface area contributed by atoms with Gasteiger partial charge in [0, 0.05) is 11.4 Å². The zero-order valence-electron chi connectivity index (χ0n) is 7.17. The van der Waals surface area contributed by atoms with Gasteiger partial charge in [-0.15, -0.1) is 0 Å². The molecular weight excluding hydrogens is 278 g/mol. The summed E-state index contributed by atoms with van der Waals surface area (Å²) in [7, 11) is 0. The third-order valence-corrected chi connectivity index (χ3v) is 2.30. The Bertz CT molecular complexity index is 446. The highest BCUT2D eigenvalue weighted by atomic mass is 79.9. The van der Waals surface area contributed by atoms with E-state index in [1.54, 1.807) is 4.98 Å². The smallest absolute Gasteiger partial charge is 0.315 e. The van der Waals surface area contributed by atoms with Crippen molar-refractivity contribution in [2.24, 2.45) is 0 Å². The molecule has 8 heteroatoms. The molecule has 0 aliphatic rings. The number of nitro groups is 1. The zero-order chi connectivity index (χ0) is 11.6. The van der Waals surface area contributed by atoms with E-state index in [2.05, 4.69) is 15.9 Å². The van der Waals surface area contributed by atoms with Crippen molar-refractivity contribution < 1.29 is 13.7 Å². The molecule has 1 rings (SSSR count). The lowest BCUT2D eigenvalue weighted by Gasteiger charge is -2.04. The van der Waals surface area contributed by atoms with Crippen LogP contribution in [0.2, 0.25) is 0 Å².